The number of methoxy groups -OCH3 is 2. The molecular weight excluding hydrogens is 539 g/mol. The van der Waals surface area contributed by atoms with Crippen molar-refractivity contribution < 1.29 is 19.0 Å². The Balaban J connectivity index is 1.91. The van der Waals surface area contributed by atoms with Crippen molar-refractivity contribution in [1.82, 2.24) is 4.90 Å². The van der Waals surface area contributed by atoms with Crippen molar-refractivity contribution in [3.05, 3.63) is 50.4 Å². The fraction of sp³-hybridized carbons (Fsp3) is 0.333. The molecule has 0 N–H and O–H groups in total. The maximum Gasteiger partial charge on any atom is 0.266 e. The molecule has 0 aromatic heterocycles. The highest BCUT2D eigenvalue weighted by Crippen LogP contribution is 2.38. The third kappa shape index (κ3) is 5.58. The Kier molecular flexibility index (Phi) is 8.47. The van der Waals surface area contributed by atoms with Crippen LogP contribution >= 0.6 is 34.4 Å². The van der Waals surface area contributed by atoms with Crippen molar-refractivity contribution in [2.75, 3.05) is 20.8 Å². The first-order valence-corrected chi connectivity index (χ1v) is 12.3. The standard InChI is InChI=1S/C24H27IN2O4S/c1-6-15(3)31-22-19(25)12-16(13-20(22)30-5)14-21-23(28)27(7-2)24(32-21)26-17-8-10-18(29-4)11-9-17/h8-15H,6-7H2,1-5H3/b21-14+,26-24?/t15-/m0/s1. The zero-order chi connectivity index (χ0) is 23.3. The van der Waals surface area contributed by atoms with Crippen molar-refractivity contribution >= 4 is 57.2 Å². The summed E-state index contributed by atoms with van der Waals surface area (Å²) in [6.07, 6.45) is 2.87. The molecule has 0 bridgehead atoms. The molecule has 1 aliphatic rings. The first-order chi connectivity index (χ1) is 15.4. The van der Waals surface area contributed by atoms with Gasteiger partial charge in [0.2, 0.25) is 0 Å². The minimum absolute atomic E-state index is 0.0568. The van der Waals surface area contributed by atoms with Crippen molar-refractivity contribution in [2.24, 2.45) is 4.99 Å². The van der Waals surface area contributed by atoms with Crippen LogP contribution in [-0.4, -0.2) is 42.8 Å². The molecule has 2 aromatic carbocycles. The van der Waals surface area contributed by atoms with E-state index in [2.05, 4.69) is 34.5 Å². The van der Waals surface area contributed by atoms with Gasteiger partial charge >= 0.3 is 0 Å². The number of halogens is 1. The van der Waals surface area contributed by atoms with E-state index in [4.69, 9.17) is 14.2 Å². The number of aliphatic imine (C=N–C) groups is 1. The van der Waals surface area contributed by atoms with Gasteiger partial charge in [-0.05, 0) is 103 Å². The summed E-state index contributed by atoms with van der Waals surface area (Å²) >= 11 is 3.61. The van der Waals surface area contributed by atoms with Crippen molar-refractivity contribution in [2.45, 2.75) is 33.3 Å². The molecule has 1 saturated heterocycles. The third-order valence-corrected chi connectivity index (χ3v) is 6.75. The SMILES string of the molecule is CC[C@H](C)Oc1c(I)cc(/C=C2/SC(=Nc3ccc(OC)cc3)N(CC)C2=O)cc1OC. The van der Waals surface area contributed by atoms with Gasteiger partial charge in [-0.1, -0.05) is 6.92 Å². The molecule has 2 aromatic rings. The van der Waals surface area contributed by atoms with Gasteiger partial charge in [0.15, 0.2) is 16.7 Å². The minimum atomic E-state index is -0.0568. The van der Waals surface area contributed by atoms with E-state index < -0.39 is 0 Å². The van der Waals surface area contributed by atoms with E-state index in [0.29, 0.717) is 22.4 Å². The van der Waals surface area contributed by atoms with Gasteiger partial charge in [0.25, 0.3) is 5.91 Å². The Morgan fingerprint density at radius 3 is 2.47 bits per heavy atom. The molecule has 0 unspecified atom stereocenters. The lowest BCUT2D eigenvalue weighted by Gasteiger charge is -2.17. The van der Waals surface area contributed by atoms with Crippen LogP contribution in [0.1, 0.15) is 32.8 Å². The molecule has 32 heavy (non-hydrogen) atoms. The smallest absolute Gasteiger partial charge is 0.266 e. The second-order valence-corrected chi connectivity index (χ2v) is 9.29. The molecule has 0 spiro atoms. The van der Waals surface area contributed by atoms with Crippen LogP contribution in [0, 0.1) is 3.57 Å². The maximum absolute atomic E-state index is 13.0. The zero-order valence-corrected chi connectivity index (χ0v) is 21.8. The summed E-state index contributed by atoms with van der Waals surface area (Å²) in [4.78, 5) is 20.0. The molecule has 1 fully saturated rings. The third-order valence-electron chi connectivity index (χ3n) is 4.94. The van der Waals surface area contributed by atoms with E-state index in [1.54, 1.807) is 19.1 Å². The molecule has 1 aliphatic heterocycles. The van der Waals surface area contributed by atoms with E-state index in [-0.39, 0.29) is 12.0 Å². The van der Waals surface area contributed by atoms with E-state index in [1.165, 1.54) is 11.8 Å². The predicted molar refractivity (Wildman–Crippen MR) is 139 cm³/mol. The zero-order valence-electron chi connectivity index (χ0n) is 18.8. The molecule has 1 heterocycles. The van der Waals surface area contributed by atoms with Gasteiger partial charge in [-0.25, -0.2) is 4.99 Å². The Hall–Kier alpha value is -2.20. The summed E-state index contributed by atoms with van der Waals surface area (Å²) in [5.41, 5.74) is 1.64. The molecule has 0 radical (unpaired) electrons. The van der Waals surface area contributed by atoms with Crippen LogP contribution in [-0.2, 0) is 4.79 Å². The van der Waals surface area contributed by atoms with Crippen molar-refractivity contribution in [3.8, 4) is 17.2 Å². The van der Waals surface area contributed by atoms with E-state index in [0.717, 1.165) is 32.7 Å². The number of amides is 1. The van der Waals surface area contributed by atoms with Crippen LogP contribution in [0.5, 0.6) is 17.2 Å². The summed E-state index contributed by atoms with van der Waals surface area (Å²) < 4.78 is 17.7. The first-order valence-electron chi connectivity index (χ1n) is 10.4. The highest BCUT2D eigenvalue weighted by Gasteiger charge is 2.32. The van der Waals surface area contributed by atoms with Gasteiger partial charge < -0.3 is 14.2 Å². The number of nitrogens with zero attached hydrogens (tertiary/aromatic N) is 2. The van der Waals surface area contributed by atoms with Gasteiger partial charge in [-0.15, -0.1) is 0 Å². The number of likely N-dealkylation sites (N-methyl/N-ethyl adjacent to an activating group) is 1. The number of hydrogen-bond donors (Lipinski definition) is 0. The number of carbonyl (C=O) groups is 1. The number of hydrogen-bond acceptors (Lipinski definition) is 6. The largest absolute Gasteiger partial charge is 0.497 e. The maximum atomic E-state index is 13.0. The molecule has 6 nitrogen and oxygen atoms in total. The number of thioether (sulfide) groups is 1. The Labute approximate surface area is 207 Å². The lowest BCUT2D eigenvalue weighted by Crippen LogP contribution is -2.28. The van der Waals surface area contributed by atoms with Crippen molar-refractivity contribution in [3.63, 3.8) is 0 Å². The fourth-order valence-corrected chi connectivity index (χ4v) is 4.83. The van der Waals surface area contributed by atoms with Gasteiger partial charge in [-0.2, -0.15) is 0 Å². The Morgan fingerprint density at radius 2 is 1.88 bits per heavy atom. The van der Waals surface area contributed by atoms with Crippen LogP contribution in [0.15, 0.2) is 46.3 Å². The number of amidine groups is 1. The molecule has 8 heteroatoms. The summed E-state index contributed by atoms with van der Waals surface area (Å²) in [7, 11) is 3.25. The molecule has 3 rings (SSSR count). The Bertz CT molecular complexity index is 1040. The fourth-order valence-electron chi connectivity index (χ4n) is 3.01. The van der Waals surface area contributed by atoms with Gasteiger partial charge in [0.05, 0.1) is 34.5 Å². The van der Waals surface area contributed by atoms with Gasteiger partial charge in [-0.3, -0.25) is 9.69 Å². The van der Waals surface area contributed by atoms with Crippen LogP contribution in [0.3, 0.4) is 0 Å². The highest BCUT2D eigenvalue weighted by molar-refractivity contribution is 14.1. The topological polar surface area (TPSA) is 60.4 Å². The van der Waals surface area contributed by atoms with Gasteiger partial charge in [0, 0.05) is 6.54 Å². The average molecular weight is 566 g/mol. The first kappa shape index (κ1) is 24.4. The number of rotatable bonds is 8. The summed E-state index contributed by atoms with van der Waals surface area (Å²) in [6.45, 7) is 6.59. The second kappa shape index (κ2) is 11.1. The highest BCUT2D eigenvalue weighted by atomic mass is 127. The summed E-state index contributed by atoms with van der Waals surface area (Å²) in [6, 6.07) is 11.3. The van der Waals surface area contributed by atoms with E-state index in [1.807, 2.05) is 56.3 Å². The van der Waals surface area contributed by atoms with Crippen LogP contribution in [0.2, 0.25) is 0 Å². The number of benzene rings is 2. The number of carbonyl (C=O) groups excluding carboxylic acids is 1. The van der Waals surface area contributed by atoms with Gasteiger partial charge in [0.1, 0.15) is 5.75 Å². The monoisotopic (exact) mass is 566 g/mol. The van der Waals surface area contributed by atoms with Crippen LogP contribution in [0.4, 0.5) is 5.69 Å². The van der Waals surface area contributed by atoms with Crippen molar-refractivity contribution in [1.29, 1.82) is 0 Å². The average Bonchev–Trinajstić information content (AvgIpc) is 3.09. The van der Waals surface area contributed by atoms with E-state index >= 15 is 0 Å². The molecule has 0 saturated carbocycles. The molecular formula is C24H27IN2O4S. The quantitative estimate of drug-likeness (QED) is 0.285. The number of ether oxygens (including phenoxy) is 3. The minimum Gasteiger partial charge on any atom is -0.497 e. The van der Waals surface area contributed by atoms with E-state index in [9.17, 15) is 4.79 Å². The molecule has 0 aliphatic carbocycles. The molecule has 170 valence electrons. The molecule has 1 atom stereocenters. The lowest BCUT2D eigenvalue weighted by atomic mass is 10.1. The Morgan fingerprint density at radius 1 is 1.16 bits per heavy atom. The summed E-state index contributed by atoms with van der Waals surface area (Å²) in [5.74, 6) is 2.09. The second-order valence-electron chi connectivity index (χ2n) is 7.12. The predicted octanol–water partition coefficient (Wildman–Crippen LogP) is 6.11. The lowest BCUT2D eigenvalue weighted by molar-refractivity contribution is -0.122. The summed E-state index contributed by atoms with van der Waals surface area (Å²) in [5, 5.41) is 0.660. The van der Waals surface area contributed by atoms with Crippen LogP contribution in [0.25, 0.3) is 6.08 Å². The van der Waals surface area contributed by atoms with Crippen LogP contribution < -0.4 is 14.2 Å². The molecule has 1 amide bonds. The normalized spacial score (nSPS) is 17.2.